The number of anilines is 1. The molecule has 0 saturated heterocycles. The van der Waals surface area contributed by atoms with Crippen molar-refractivity contribution in [2.24, 2.45) is 0 Å². The molecular formula is C17H30N6O3S. The zero-order valence-electron chi connectivity index (χ0n) is 16.7. The van der Waals surface area contributed by atoms with Gasteiger partial charge in [-0.15, -0.1) is 0 Å². The second-order valence-electron chi connectivity index (χ2n) is 6.61. The summed E-state index contributed by atoms with van der Waals surface area (Å²) in [7, 11) is -0.379. The average molecular weight is 399 g/mol. The van der Waals surface area contributed by atoms with E-state index in [4.69, 9.17) is 10.5 Å². The molecule has 0 saturated carbocycles. The van der Waals surface area contributed by atoms with Crippen LogP contribution in [0.15, 0.2) is 0 Å². The number of nitrogen functional groups attached to an aromatic ring is 1. The number of hydrogen-bond acceptors (Lipinski definition) is 6. The Balaban J connectivity index is 2.18. The van der Waals surface area contributed by atoms with Gasteiger partial charge in [0.25, 0.3) is 10.2 Å². The highest BCUT2D eigenvalue weighted by Crippen LogP contribution is 2.26. The Bertz CT molecular complexity index is 892. The van der Waals surface area contributed by atoms with Crippen molar-refractivity contribution >= 4 is 27.1 Å². The quantitative estimate of drug-likeness (QED) is 0.584. The van der Waals surface area contributed by atoms with Crippen LogP contribution in [0.5, 0.6) is 0 Å². The van der Waals surface area contributed by atoms with Crippen LogP contribution < -0.4 is 10.5 Å². The minimum Gasteiger partial charge on any atom is -0.382 e. The van der Waals surface area contributed by atoms with Gasteiger partial charge in [0.15, 0.2) is 5.82 Å². The first-order valence-electron chi connectivity index (χ1n) is 9.05. The van der Waals surface area contributed by atoms with Crippen molar-refractivity contribution in [3.63, 3.8) is 0 Å². The van der Waals surface area contributed by atoms with Gasteiger partial charge in [0.05, 0.1) is 5.52 Å². The maximum absolute atomic E-state index is 11.8. The van der Waals surface area contributed by atoms with E-state index in [9.17, 15) is 8.42 Å². The van der Waals surface area contributed by atoms with Gasteiger partial charge in [-0.2, -0.15) is 12.7 Å². The SMILES string of the molecule is CCOCc1nc2c(N)nc(C)c(C)c2n1CCCCNS(=O)(=O)N(C)C. The van der Waals surface area contributed by atoms with Gasteiger partial charge in [0.2, 0.25) is 0 Å². The molecule has 0 aliphatic carbocycles. The van der Waals surface area contributed by atoms with Gasteiger partial charge in [-0.1, -0.05) is 0 Å². The summed E-state index contributed by atoms with van der Waals surface area (Å²) in [6.45, 7) is 7.97. The number of aryl methyl sites for hydroxylation is 3. The number of fused-ring (bicyclic) bond motifs is 1. The molecule has 0 atom stereocenters. The second kappa shape index (κ2) is 8.96. The molecule has 0 aliphatic heterocycles. The Labute approximate surface area is 161 Å². The molecule has 0 amide bonds. The van der Waals surface area contributed by atoms with Gasteiger partial charge < -0.3 is 15.0 Å². The van der Waals surface area contributed by atoms with Crippen molar-refractivity contribution < 1.29 is 13.2 Å². The van der Waals surface area contributed by atoms with Crippen LogP contribution in [-0.4, -0.2) is 54.5 Å². The lowest BCUT2D eigenvalue weighted by Crippen LogP contribution is -2.36. The fraction of sp³-hybridized carbons (Fsp3) is 0.647. The summed E-state index contributed by atoms with van der Waals surface area (Å²) >= 11 is 0. The predicted octanol–water partition coefficient (Wildman–Crippen LogP) is 1.34. The molecule has 0 fully saturated rings. The van der Waals surface area contributed by atoms with Gasteiger partial charge >= 0.3 is 0 Å². The number of rotatable bonds is 10. The Morgan fingerprint density at radius 3 is 2.56 bits per heavy atom. The van der Waals surface area contributed by atoms with Crippen molar-refractivity contribution in [2.75, 3.05) is 33.0 Å². The number of aromatic nitrogens is 3. The molecule has 3 N–H and O–H groups in total. The molecule has 0 aromatic carbocycles. The fourth-order valence-corrected chi connectivity index (χ4v) is 3.48. The number of hydrogen-bond donors (Lipinski definition) is 2. The number of pyridine rings is 1. The number of ether oxygens (including phenoxy) is 1. The maximum Gasteiger partial charge on any atom is 0.278 e. The van der Waals surface area contributed by atoms with E-state index in [0.29, 0.717) is 44.1 Å². The van der Waals surface area contributed by atoms with E-state index in [0.717, 1.165) is 29.0 Å². The Hall–Kier alpha value is -1.75. The predicted molar refractivity (Wildman–Crippen MR) is 107 cm³/mol. The molecule has 9 nitrogen and oxygen atoms in total. The van der Waals surface area contributed by atoms with E-state index in [1.807, 2.05) is 20.8 Å². The van der Waals surface area contributed by atoms with Crippen LogP contribution in [0.4, 0.5) is 5.82 Å². The molecule has 0 aliphatic rings. The first-order valence-corrected chi connectivity index (χ1v) is 10.5. The second-order valence-corrected chi connectivity index (χ2v) is 8.58. The van der Waals surface area contributed by atoms with E-state index >= 15 is 0 Å². The smallest absolute Gasteiger partial charge is 0.278 e. The van der Waals surface area contributed by atoms with Crippen LogP contribution >= 0.6 is 0 Å². The number of imidazole rings is 1. The average Bonchev–Trinajstić information content (AvgIpc) is 2.96. The van der Waals surface area contributed by atoms with E-state index < -0.39 is 10.2 Å². The monoisotopic (exact) mass is 398 g/mol. The van der Waals surface area contributed by atoms with E-state index in [2.05, 4.69) is 19.3 Å². The third kappa shape index (κ3) is 4.95. The largest absolute Gasteiger partial charge is 0.382 e. The van der Waals surface area contributed by atoms with E-state index in [-0.39, 0.29) is 0 Å². The molecular weight excluding hydrogens is 368 g/mol. The lowest BCUT2D eigenvalue weighted by molar-refractivity contribution is 0.126. The molecule has 2 heterocycles. The molecule has 2 aromatic heterocycles. The van der Waals surface area contributed by atoms with Crippen molar-refractivity contribution in [3.05, 3.63) is 17.1 Å². The van der Waals surface area contributed by atoms with Crippen LogP contribution in [0.1, 0.15) is 36.8 Å². The molecule has 0 unspecified atom stereocenters. The summed E-state index contributed by atoms with van der Waals surface area (Å²) in [5, 5.41) is 0. The van der Waals surface area contributed by atoms with Crippen molar-refractivity contribution in [3.8, 4) is 0 Å². The van der Waals surface area contributed by atoms with Crippen molar-refractivity contribution in [2.45, 2.75) is 46.8 Å². The highest BCUT2D eigenvalue weighted by atomic mass is 32.2. The minimum absolute atomic E-state index is 0.385. The highest BCUT2D eigenvalue weighted by Gasteiger charge is 2.17. The zero-order valence-corrected chi connectivity index (χ0v) is 17.6. The first-order chi connectivity index (χ1) is 12.7. The highest BCUT2D eigenvalue weighted by molar-refractivity contribution is 7.87. The maximum atomic E-state index is 11.8. The summed E-state index contributed by atoms with van der Waals surface area (Å²) in [6, 6.07) is 0. The van der Waals surface area contributed by atoms with Gasteiger partial charge in [0, 0.05) is 39.5 Å². The molecule has 2 aromatic rings. The van der Waals surface area contributed by atoms with Gasteiger partial charge in [-0.3, -0.25) is 0 Å². The molecule has 0 radical (unpaired) electrons. The van der Waals surface area contributed by atoms with Crippen LogP contribution in [0.3, 0.4) is 0 Å². The molecule has 152 valence electrons. The standard InChI is InChI=1S/C17H30N6O3S/c1-6-26-11-14-21-15-16(12(2)13(3)20-17(15)18)23(14)10-8-7-9-19-27(24,25)22(4)5/h19H,6-11H2,1-5H3,(H2,18,20). The van der Waals surface area contributed by atoms with Crippen LogP contribution in [-0.2, 0) is 28.1 Å². The van der Waals surface area contributed by atoms with Gasteiger partial charge in [0.1, 0.15) is 17.9 Å². The van der Waals surface area contributed by atoms with Crippen LogP contribution in [0, 0.1) is 13.8 Å². The summed E-state index contributed by atoms with van der Waals surface area (Å²) in [6.07, 6.45) is 1.50. The zero-order chi connectivity index (χ0) is 20.2. The number of nitrogens with one attached hydrogen (secondary N) is 1. The molecule has 2 rings (SSSR count). The lowest BCUT2D eigenvalue weighted by Gasteiger charge is -2.13. The Kier molecular flexibility index (Phi) is 7.15. The fourth-order valence-electron chi connectivity index (χ4n) is 2.82. The summed E-state index contributed by atoms with van der Waals surface area (Å²) in [4.78, 5) is 9.01. The van der Waals surface area contributed by atoms with Gasteiger partial charge in [-0.25, -0.2) is 14.7 Å². The molecule has 27 heavy (non-hydrogen) atoms. The Morgan fingerprint density at radius 2 is 1.93 bits per heavy atom. The van der Waals surface area contributed by atoms with Crippen molar-refractivity contribution in [1.82, 2.24) is 23.6 Å². The third-order valence-electron chi connectivity index (χ3n) is 4.48. The summed E-state index contributed by atoms with van der Waals surface area (Å²) in [5.41, 5.74) is 9.67. The lowest BCUT2D eigenvalue weighted by atomic mass is 10.2. The molecule has 0 bridgehead atoms. The topological polar surface area (TPSA) is 115 Å². The van der Waals surface area contributed by atoms with E-state index in [1.165, 1.54) is 18.4 Å². The van der Waals surface area contributed by atoms with Gasteiger partial charge in [-0.05, 0) is 39.2 Å². The Morgan fingerprint density at radius 1 is 1.22 bits per heavy atom. The van der Waals surface area contributed by atoms with E-state index in [1.54, 1.807) is 0 Å². The number of nitrogens with zero attached hydrogens (tertiary/aromatic N) is 4. The minimum atomic E-state index is -3.39. The number of unbranched alkanes of at least 4 members (excludes halogenated alkanes) is 1. The van der Waals surface area contributed by atoms with Crippen molar-refractivity contribution in [1.29, 1.82) is 0 Å². The normalized spacial score (nSPS) is 12.4. The molecule has 0 spiro atoms. The van der Waals surface area contributed by atoms with Crippen LogP contribution in [0.25, 0.3) is 11.0 Å². The summed E-state index contributed by atoms with van der Waals surface area (Å²) in [5.74, 6) is 1.23. The van der Waals surface area contributed by atoms with Crippen LogP contribution in [0.2, 0.25) is 0 Å². The third-order valence-corrected chi connectivity index (χ3v) is 6.01. The summed E-state index contributed by atoms with van der Waals surface area (Å²) < 4.78 is 34.9. The number of nitrogens with two attached hydrogens (primary N) is 1. The first kappa shape index (κ1) is 21.5. The molecule has 10 heteroatoms.